The number of alkyl halides is 3. The number of morpholine rings is 1. The van der Waals surface area contributed by atoms with Gasteiger partial charge in [-0.3, -0.25) is 4.90 Å². The Kier molecular flexibility index (Phi) is 5.82. The highest BCUT2D eigenvalue weighted by Gasteiger charge is 2.33. The predicted octanol–water partition coefficient (Wildman–Crippen LogP) is 1.68. The second kappa shape index (κ2) is 7.64. The number of nitriles is 1. The molecule has 1 aromatic rings. The summed E-state index contributed by atoms with van der Waals surface area (Å²) in [5, 5.41) is 21.7. The van der Waals surface area contributed by atoms with Gasteiger partial charge in [-0.25, -0.2) is 0 Å². The summed E-state index contributed by atoms with van der Waals surface area (Å²) in [4.78, 5) is 2.06. The number of hydrogen-bond acceptors (Lipinski definition) is 5. The normalized spacial score (nSPS) is 17.5. The Hall–Kier alpha value is -1.82. The van der Waals surface area contributed by atoms with Crippen molar-refractivity contribution in [3.8, 4) is 6.07 Å². The van der Waals surface area contributed by atoms with Crippen LogP contribution in [0.2, 0.25) is 0 Å². The van der Waals surface area contributed by atoms with E-state index in [0.29, 0.717) is 25.4 Å². The third-order valence-corrected chi connectivity index (χ3v) is 3.56. The Morgan fingerprint density at radius 1 is 1.35 bits per heavy atom. The fourth-order valence-corrected chi connectivity index (χ4v) is 2.38. The molecule has 0 unspecified atom stereocenters. The van der Waals surface area contributed by atoms with Crippen LogP contribution in [0.15, 0.2) is 18.2 Å². The van der Waals surface area contributed by atoms with Crippen molar-refractivity contribution in [1.29, 1.82) is 5.26 Å². The molecule has 23 heavy (non-hydrogen) atoms. The number of rotatable bonds is 5. The van der Waals surface area contributed by atoms with Gasteiger partial charge in [-0.05, 0) is 18.2 Å². The van der Waals surface area contributed by atoms with Gasteiger partial charge >= 0.3 is 6.18 Å². The van der Waals surface area contributed by atoms with Crippen molar-refractivity contribution < 1.29 is 23.0 Å². The maximum absolute atomic E-state index is 12.7. The van der Waals surface area contributed by atoms with Gasteiger partial charge in [-0.1, -0.05) is 0 Å². The molecule has 8 heteroatoms. The maximum Gasteiger partial charge on any atom is 0.417 e. The lowest BCUT2D eigenvalue weighted by atomic mass is 10.1. The Balaban J connectivity index is 1.91. The first-order chi connectivity index (χ1) is 10.9. The number of nitrogens with zero attached hydrogens (tertiary/aromatic N) is 2. The first-order valence-corrected chi connectivity index (χ1v) is 7.23. The minimum absolute atomic E-state index is 0.188. The van der Waals surface area contributed by atoms with Crippen molar-refractivity contribution in [1.82, 2.24) is 4.90 Å². The van der Waals surface area contributed by atoms with Gasteiger partial charge in [0.25, 0.3) is 0 Å². The van der Waals surface area contributed by atoms with Gasteiger partial charge in [0.2, 0.25) is 0 Å². The molecular weight excluding hydrogens is 311 g/mol. The zero-order valence-corrected chi connectivity index (χ0v) is 12.4. The molecule has 1 aliphatic rings. The van der Waals surface area contributed by atoms with Crippen molar-refractivity contribution in [3.05, 3.63) is 29.3 Å². The summed E-state index contributed by atoms with van der Waals surface area (Å²) in [6.45, 7) is 3.40. The number of anilines is 1. The molecule has 0 spiro atoms. The molecule has 1 fully saturated rings. The van der Waals surface area contributed by atoms with Gasteiger partial charge in [0.05, 0.1) is 36.5 Å². The molecular formula is C15H18F3N3O2. The molecule has 2 rings (SSSR count). The van der Waals surface area contributed by atoms with Crippen LogP contribution in [0.1, 0.15) is 11.1 Å². The standard InChI is InChI=1S/C15H18F3N3O2/c16-15(17,18)14-2-1-12(7-11(14)8-19)20-9-13(22)10-21-3-5-23-6-4-21/h1-2,7,13,20,22H,3-6,9-10H2/t13-/m1/s1. The number of aliphatic hydroxyl groups excluding tert-OH is 1. The van der Waals surface area contributed by atoms with Crippen molar-refractivity contribution >= 4 is 5.69 Å². The zero-order chi connectivity index (χ0) is 16.9. The molecule has 1 saturated heterocycles. The van der Waals surface area contributed by atoms with Crippen LogP contribution < -0.4 is 5.32 Å². The lowest BCUT2D eigenvalue weighted by molar-refractivity contribution is -0.137. The lowest BCUT2D eigenvalue weighted by Crippen LogP contribution is -2.42. The van der Waals surface area contributed by atoms with E-state index < -0.39 is 23.4 Å². The van der Waals surface area contributed by atoms with Crippen molar-refractivity contribution in [2.45, 2.75) is 12.3 Å². The van der Waals surface area contributed by atoms with Gasteiger partial charge in [-0.2, -0.15) is 18.4 Å². The molecule has 1 aliphatic heterocycles. The van der Waals surface area contributed by atoms with Crippen LogP contribution in [0.5, 0.6) is 0 Å². The van der Waals surface area contributed by atoms with Crippen LogP contribution in [-0.4, -0.2) is 55.5 Å². The van der Waals surface area contributed by atoms with Gasteiger partial charge < -0.3 is 15.2 Å². The number of β-amino-alcohol motifs (C(OH)–C–C–N with tert-alkyl or cyclic N) is 1. The first-order valence-electron chi connectivity index (χ1n) is 7.23. The molecule has 0 bridgehead atoms. The Morgan fingerprint density at radius 3 is 2.65 bits per heavy atom. The van der Waals surface area contributed by atoms with E-state index in [1.54, 1.807) is 6.07 Å². The molecule has 1 atom stereocenters. The monoisotopic (exact) mass is 329 g/mol. The third kappa shape index (κ3) is 5.10. The van der Waals surface area contributed by atoms with Crippen LogP contribution in [0, 0.1) is 11.3 Å². The Bertz CT molecular complexity index is 566. The van der Waals surface area contributed by atoms with E-state index in [1.807, 2.05) is 0 Å². The summed E-state index contributed by atoms with van der Waals surface area (Å²) in [7, 11) is 0. The van der Waals surface area contributed by atoms with Gasteiger partial charge in [0, 0.05) is 31.9 Å². The second-order valence-electron chi connectivity index (χ2n) is 5.32. The molecule has 0 aliphatic carbocycles. The number of ether oxygens (including phenoxy) is 1. The van der Waals surface area contributed by atoms with E-state index in [9.17, 15) is 18.3 Å². The molecule has 1 aromatic carbocycles. The summed E-state index contributed by atoms with van der Waals surface area (Å²) in [6, 6.07) is 4.82. The van der Waals surface area contributed by atoms with Gasteiger partial charge in [-0.15, -0.1) is 0 Å². The topological polar surface area (TPSA) is 68.5 Å². The molecule has 0 saturated carbocycles. The van der Waals surface area contributed by atoms with Crippen molar-refractivity contribution in [3.63, 3.8) is 0 Å². The summed E-state index contributed by atoms with van der Waals surface area (Å²) in [5.74, 6) is 0. The number of benzene rings is 1. The lowest BCUT2D eigenvalue weighted by Gasteiger charge is -2.28. The van der Waals surface area contributed by atoms with E-state index in [1.165, 1.54) is 6.07 Å². The number of halogens is 3. The summed E-state index contributed by atoms with van der Waals surface area (Å²) >= 11 is 0. The number of nitrogens with one attached hydrogen (secondary N) is 1. The Morgan fingerprint density at radius 2 is 2.04 bits per heavy atom. The van der Waals surface area contributed by atoms with Crippen molar-refractivity contribution in [2.24, 2.45) is 0 Å². The van der Waals surface area contributed by atoms with Gasteiger partial charge in [0.1, 0.15) is 0 Å². The molecule has 0 amide bonds. The molecule has 0 radical (unpaired) electrons. The molecule has 126 valence electrons. The fourth-order valence-electron chi connectivity index (χ4n) is 2.38. The summed E-state index contributed by atoms with van der Waals surface area (Å²) in [5.41, 5.74) is -1.03. The number of hydrogen-bond donors (Lipinski definition) is 2. The molecule has 2 N–H and O–H groups in total. The van der Waals surface area contributed by atoms with E-state index in [-0.39, 0.29) is 6.54 Å². The Labute approximate surface area is 132 Å². The maximum atomic E-state index is 12.7. The smallest absolute Gasteiger partial charge is 0.390 e. The average Bonchev–Trinajstić information content (AvgIpc) is 2.52. The van der Waals surface area contributed by atoms with Crippen LogP contribution in [0.4, 0.5) is 18.9 Å². The highest BCUT2D eigenvalue weighted by Crippen LogP contribution is 2.32. The van der Waals surface area contributed by atoms with E-state index >= 15 is 0 Å². The summed E-state index contributed by atoms with van der Waals surface area (Å²) < 4.78 is 43.4. The quantitative estimate of drug-likeness (QED) is 0.860. The highest BCUT2D eigenvalue weighted by molar-refractivity contribution is 5.53. The largest absolute Gasteiger partial charge is 0.417 e. The second-order valence-corrected chi connectivity index (χ2v) is 5.32. The predicted molar refractivity (Wildman–Crippen MR) is 77.9 cm³/mol. The summed E-state index contributed by atoms with van der Waals surface area (Å²) in [6.07, 6.45) is -5.22. The fraction of sp³-hybridized carbons (Fsp3) is 0.533. The first kappa shape index (κ1) is 17.5. The van der Waals surface area contributed by atoms with Crippen molar-refractivity contribution in [2.75, 3.05) is 44.7 Å². The van der Waals surface area contributed by atoms with E-state index in [0.717, 1.165) is 25.2 Å². The SMILES string of the molecule is N#Cc1cc(NC[C@@H](O)CN2CCOCC2)ccc1C(F)(F)F. The minimum atomic E-state index is -4.56. The zero-order valence-electron chi connectivity index (χ0n) is 12.4. The van der Waals surface area contributed by atoms with Crippen LogP contribution >= 0.6 is 0 Å². The minimum Gasteiger partial charge on any atom is -0.390 e. The molecule has 1 heterocycles. The number of aliphatic hydroxyl groups is 1. The molecule has 0 aromatic heterocycles. The highest BCUT2D eigenvalue weighted by atomic mass is 19.4. The third-order valence-electron chi connectivity index (χ3n) is 3.56. The van der Waals surface area contributed by atoms with Gasteiger partial charge in [0.15, 0.2) is 0 Å². The van der Waals surface area contributed by atoms with E-state index in [4.69, 9.17) is 10.00 Å². The molecule has 5 nitrogen and oxygen atoms in total. The van der Waals surface area contributed by atoms with Crippen LogP contribution in [0.3, 0.4) is 0 Å². The average molecular weight is 329 g/mol. The van der Waals surface area contributed by atoms with Crippen LogP contribution in [0.25, 0.3) is 0 Å². The van der Waals surface area contributed by atoms with Crippen LogP contribution in [-0.2, 0) is 10.9 Å². The van der Waals surface area contributed by atoms with E-state index in [2.05, 4.69) is 10.2 Å².